The molecule has 0 bridgehead atoms. The van der Waals surface area contributed by atoms with Gasteiger partial charge in [0.25, 0.3) is 0 Å². The third-order valence-corrected chi connectivity index (χ3v) is 5.18. The number of carbonyl (C=O) groups is 2. The van der Waals surface area contributed by atoms with Gasteiger partial charge in [0.2, 0.25) is 5.91 Å². The van der Waals surface area contributed by atoms with Crippen molar-refractivity contribution in [2.24, 2.45) is 5.92 Å². The van der Waals surface area contributed by atoms with E-state index in [2.05, 4.69) is 10.6 Å². The summed E-state index contributed by atoms with van der Waals surface area (Å²) in [6.07, 6.45) is 2.54. The molecule has 6 nitrogen and oxygen atoms in total. The molecule has 0 saturated carbocycles. The average molecular weight is 433 g/mol. The summed E-state index contributed by atoms with van der Waals surface area (Å²) in [5.41, 5.74) is 1.92. The van der Waals surface area contributed by atoms with E-state index in [1.165, 1.54) is 0 Å². The molecule has 1 amide bonds. The monoisotopic (exact) mass is 432 g/mol. The highest BCUT2D eigenvalue weighted by Crippen LogP contribution is 2.17. The molecular formula is C23H29ClN2O4. The number of benzene rings is 2. The number of carbonyl (C=O) groups excluding carboxylic acids is 1. The van der Waals surface area contributed by atoms with Crippen LogP contribution < -0.4 is 15.4 Å². The van der Waals surface area contributed by atoms with E-state index in [-0.39, 0.29) is 24.7 Å². The molecule has 1 aliphatic heterocycles. The second kappa shape index (κ2) is 12.2. The van der Waals surface area contributed by atoms with E-state index < -0.39 is 12.0 Å². The van der Waals surface area contributed by atoms with Gasteiger partial charge in [0, 0.05) is 12.8 Å². The van der Waals surface area contributed by atoms with Crippen molar-refractivity contribution in [1.82, 2.24) is 10.6 Å². The van der Waals surface area contributed by atoms with Crippen molar-refractivity contribution < 1.29 is 19.4 Å². The summed E-state index contributed by atoms with van der Waals surface area (Å²) in [5.74, 6) is -0.161. The van der Waals surface area contributed by atoms with Gasteiger partial charge in [0.05, 0.1) is 0 Å². The molecule has 1 atom stereocenters. The molecule has 0 aliphatic carbocycles. The van der Waals surface area contributed by atoms with Gasteiger partial charge in [-0.2, -0.15) is 0 Å². The minimum absolute atomic E-state index is 0. The topological polar surface area (TPSA) is 87.7 Å². The number of aliphatic carboxylic acids is 1. The lowest BCUT2D eigenvalue weighted by Gasteiger charge is -2.23. The zero-order chi connectivity index (χ0) is 20.5. The lowest BCUT2D eigenvalue weighted by molar-refractivity contribution is -0.142. The number of hydrogen-bond donors (Lipinski definition) is 3. The maximum absolute atomic E-state index is 12.3. The fraction of sp³-hybridized carbons (Fsp3) is 0.391. The number of carboxylic acids is 1. The van der Waals surface area contributed by atoms with E-state index in [0.29, 0.717) is 18.9 Å². The first kappa shape index (κ1) is 23.7. The molecule has 2 aromatic rings. The van der Waals surface area contributed by atoms with Crippen molar-refractivity contribution >= 4 is 24.3 Å². The Labute approximate surface area is 183 Å². The smallest absolute Gasteiger partial charge is 0.326 e. The molecule has 0 spiro atoms. The second-order valence-corrected chi connectivity index (χ2v) is 7.48. The van der Waals surface area contributed by atoms with Crippen LogP contribution in [-0.2, 0) is 22.6 Å². The van der Waals surface area contributed by atoms with Crippen molar-refractivity contribution in [1.29, 1.82) is 0 Å². The van der Waals surface area contributed by atoms with Crippen LogP contribution in [0, 0.1) is 5.92 Å². The highest BCUT2D eigenvalue weighted by atomic mass is 35.5. The summed E-state index contributed by atoms with van der Waals surface area (Å²) in [6, 6.07) is 16.3. The van der Waals surface area contributed by atoms with Gasteiger partial charge in [-0.3, -0.25) is 4.79 Å². The van der Waals surface area contributed by atoms with Crippen LogP contribution in [0.5, 0.6) is 5.75 Å². The van der Waals surface area contributed by atoms with E-state index in [9.17, 15) is 14.7 Å². The fourth-order valence-corrected chi connectivity index (χ4v) is 3.50. The van der Waals surface area contributed by atoms with Gasteiger partial charge in [-0.05, 0) is 55.1 Å². The van der Waals surface area contributed by atoms with E-state index in [1.54, 1.807) is 0 Å². The number of amides is 1. The quantitative estimate of drug-likeness (QED) is 0.566. The number of halogens is 1. The predicted molar refractivity (Wildman–Crippen MR) is 118 cm³/mol. The van der Waals surface area contributed by atoms with Crippen LogP contribution in [0.2, 0.25) is 0 Å². The molecule has 3 rings (SSSR count). The molecule has 1 heterocycles. The van der Waals surface area contributed by atoms with Gasteiger partial charge in [-0.1, -0.05) is 42.5 Å². The van der Waals surface area contributed by atoms with Crippen LogP contribution >= 0.6 is 12.4 Å². The Morgan fingerprint density at radius 3 is 2.33 bits per heavy atom. The van der Waals surface area contributed by atoms with Crippen molar-refractivity contribution in [2.75, 3.05) is 13.1 Å². The van der Waals surface area contributed by atoms with Gasteiger partial charge >= 0.3 is 5.97 Å². The first-order chi connectivity index (χ1) is 14.1. The molecule has 7 heteroatoms. The normalized spacial score (nSPS) is 14.9. The van der Waals surface area contributed by atoms with Crippen LogP contribution in [0.1, 0.15) is 30.4 Å². The van der Waals surface area contributed by atoms with Crippen LogP contribution in [-0.4, -0.2) is 36.1 Å². The molecule has 3 N–H and O–H groups in total. The van der Waals surface area contributed by atoms with Crippen molar-refractivity contribution in [3.63, 3.8) is 0 Å². The lowest BCUT2D eigenvalue weighted by Crippen LogP contribution is -2.43. The molecule has 1 fully saturated rings. The SMILES string of the molecule is Cl.O=C(CC1CCNCC1)N[C@@H](Cc1ccc(OCc2ccccc2)cc1)C(=O)O. The molecule has 162 valence electrons. The van der Waals surface area contributed by atoms with E-state index >= 15 is 0 Å². The zero-order valence-electron chi connectivity index (χ0n) is 16.9. The van der Waals surface area contributed by atoms with Gasteiger partial charge < -0.3 is 20.5 Å². The molecule has 1 saturated heterocycles. The largest absolute Gasteiger partial charge is 0.489 e. The second-order valence-electron chi connectivity index (χ2n) is 7.48. The third-order valence-electron chi connectivity index (χ3n) is 5.18. The van der Waals surface area contributed by atoms with Gasteiger partial charge in [0.1, 0.15) is 18.4 Å². The minimum atomic E-state index is -1.02. The Hall–Kier alpha value is -2.57. The third kappa shape index (κ3) is 7.69. The van der Waals surface area contributed by atoms with Crippen LogP contribution in [0.25, 0.3) is 0 Å². The number of hydrogen-bond acceptors (Lipinski definition) is 4. The van der Waals surface area contributed by atoms with Gasteiger partial charge in [-0.25, -0.2) is 4.79 Å². The Balaban J connectivity index is 0.00000320. The van der Waals surface area contributed by atoms with Gasteiger partial charge in [-0.15, -0.1) is 12.4 Å². The molecule has 1 aliphatic rings. The maximum Gasteiger partial charge on any atom is 0.326 e. The van der Waals surface area contributed by atoms with E-state index in [1.807, 2.05) is 54.6 Å². The van der Waals surface area contributed by atoms with Crippen molar-refractivity contribution in [3.05, 3.63) is 65.7 Å². The molecule has 30 heavy (non-hydrogen) atoms. The number of carboxylic acid groups (broad SMARTS) is 1. The van der Waals surface area contributed by atoms with Crippen molar-refractivity contribution in [2.45, 2.75) is 38.3 Å². The lowest BCUT2D eigenvalue weighted by atomic mass is 9.94. The fourth-order valence-electron chi connectivity index (χ4n) is 3.50. The summed E-state index contributed by atoms with van der Waals surface area (Å²) in [5, 5.41) is 15.5. The number of rotatable bonds is 9. The average Bonchev–Trinajstić information content (AvgIpc) is 2.74. The Morgan fingerprint density at radius 2 is 1.70 bits per heavy atom. The van der Waals surface area contributed by atoms with Gasteiger partial charge in [0.15, 0.2) is 0 Å². The maximum atomic E-state index is 12.3. The molecule has 0 unspecified atom stereocenters. The first-order valence-corrected chi connectivity index (χ1v) is 10.1. The highest BCUT2D eigenvalue weighted by Gasteiger charge is 2.23. The highest BCUT2D eigenvalue weighted by molar-refractivity contribution is 5.85. The Bertz CT molecular complexity index is 793. The minimum Gasteiger partial charge on any atom is -0.489 e. The predicted octanol–water partition coefficient (Wildman–Crippen LogP) is 3.19. The van der Waals surface area contributed by atoms with E-state index in [4.69, 9.17) is 4.74 Å². The summed E-state index contributed by atoms with van der Waals surface area (Å²) in [7, 11) is 0. The summed E-state index contributed by atoms with van der Waals surface area (Å²) in [4.78, 5) is 23.9. The summed E-state index contributed by atoms with van der Waals surface area (Å²) >= 11 is 0. The Morgan fingerprint density at radius 1 is 1.03 bits per heavy atom. The van der Waals surface area contributed by atoms with Crippen LogP contribution in [0.15, 0.2) is 54.6 Å². The molecule has 0 aromatic heterocycles. The number of piperidine rings is 1. The molecule has 0 radical (unpaired) electrons. The summed E-state index contributed by atoms with van der Waals surface area (Å²) in [6.45, 7) is 2.31. The van der Waals surface area contributed by atoms with Crippen LogP contribution in [0.3, 0.4) is 0 Å². The first-order valence-electron chi connectivity index (χ1n) is 10.1. The number of nitrogens with one attached hydrogen (secondary N) is 2. The Kier molecular flexibility index (Phi) is 9.64. The molecule has 2 aromatic carbocycles. The molecular weight excluding hydrogens is 404 g/mol. The van der Waals surface area contributed by atoms with E-state index in [0.717, 1.165) is 42.8 Å². The number of ether oxygens (including phenoxy) is 1. The van der Waals surface area contributed by atoms with Crippen molar-refractivity contribution in [3.8, 4) is 5.75 Å². The zero-order valence-corrected chi connectivity index (χ0v) is 17.7. The standard InChI is InChI=1S/C23H28N2O4.ClH/c26-22(15-18-10-12-24-13-11-18)25-21(23(27)28)14-17-6-8-20(9-7-17)29-16-19-4-2-1-3-5-19;/h1-9,18,21,24H,10-16H2,(H,25,26)(H,27,28);1H/t21-;/m0./s1. The summed E-state index contributed by atoms with van der Waals surface area (Å²) < 4.78 is 5.76. The van der Waals surface area contributed by atoms with Crippen LogP contribution in [0.4, 0.5) is 0 Å².